The predicted molar refractivity (Wildman–Crippen MR) is 94.5 cm³/mol. The summed E-state index contributed by atoms with van der Waals surface area (Å²) in [4.78, 5) is 0. The number of nitrogens with one attached hydrogen (secondary N) is 2. The molecule has 2 aromatic rings. The molecule has 0 bridgehead atoms. The topological polar surface area (TPSA) is 24.1 Å². The lowest BCUT2D eigenvalue weighted by atomic mass is 10.1. The van der Waals surface area contributed by atoms with Gasteiger partial charge in [0.2, 0.25) is 0 Å². The van der Waals surface area contributed by atoms with Crippen LogP contribution in [-0.2, 0) is 6.54 Å². The van der Waals surface area contributed by atoms with E-state index >= 15 is 0 Å². The molecule has 2 aromatic carbocycles. The van der Waals surface area contributed by atoms with Crippen molar-refractivity contribution in [1.29, 1.82) is 0 Å². The summed E-state index contributed by atoms with van der Waals surface area (Å²) in [6.45, 7) is 3.23. The summed E-state index contributed by atoms with van der Waals surface area (Å²) in [5.74, 6) is 0. The first-order valence-electron chi connectivity index (χ1n) is 8.16. The van der Waals surface area contributed by atoms with E-state index in [-0.39, 0.29) is 0 Å². The highest BCUT2D eigenvalue weighted by Crippen LogP contribution is 2.11. The van der Waals surface area contributed by atoms with Crippen LogP contribution in [0.1, 0.15) is 29.5 Å². The van der Waals surface area contributed by atoms with Crippen LogP contribution in [0.5, 0.6) is 0 Å². The van der Waals surface area contributed by atoms with Crippen molar-refractivity contribution in [2.45, 2.75) is 25.4 Å². The molecular formula is C20H24N2. The van der Waals surface area contributed by atoms with Crippen molar-refractivity contribution >= 4 is 12.2 Å². The van der Waals surface area contributed by atoms with E-state index in [0.717, 1.165) is 19.6 Å². The third-order valence-electron chi connectivity index (χ3n) is 4.15. The van der Waals surface area contributed by atoms with Gasteiger partial charge in [-0.15, -0.1) is 0 Å². The molecule has 3 rings (SSSR count). The Morgan fingerprint density at radius 2 is 1.64 bits per heavy atom. The van der Waals surface area contributed by atoms with Gasteiger partial charge in [-0.05, 0) is 42.6 Å². The molecule has 2 N–H and O–H groups in total. The number of piperidine rings is 1. The van der Waals surface area contributed by atoms with E-state index < -0.39 is 0 Å². The maximum absolute atomic E-state index is 3.67. The van der Waals surface area contributed by atoms with Crippen LogP contribution in [0.4, 0.5) is 0 Å². The van der Waals surface area contributed by atoms with E-state index in [1.807, 2.05) is 6.07 Å². The SMILES string of the molecule is C(=C/c1cccc(CNC2CCNCC2)c1)/c1ccccc1. The van der Waals surface area contributed by atoms with Gasteiger partial charge in [-0.1, -0.05) is 66.7 Å². The largest absolute Gasteiger partial charge is 0.317 e. The second-order valence-electron chi connectivity index (χ2n) is 5.89. The molecular weight excluding hydrogens is 268 g/mol. The van der Waals surface area contributed by atoms with Crippen LogP contribution in [0.15, 0.2) is 54.6 Å². The average molecular weight is 292 g/mol. The second-order valence-corrected chi connectivity index (χ2v) is 5.89. The van der Waals surface area contributed by atoms with Crippen LogP contribution in [0, 0.1) is 0 Å². The lowest BCUT2D eigenvalue weighted by molar-refractivity contribution is 0.386. The monoisotopic (exact) mass is 292 g/mol. The third kappa shape index (κ3) is 4.55. The highest BCUT2D eigenvalue weighted by molar-refractivity contribution is 5.69. The van der Waals surface area contributed by atoms with Gasteiger partial charge in [0, 0.05) is 12.6 Å². The van der Waals surface area contributed by atoms with Crippen molar-refractivity contribution in [3.8, 4) is 0 Å². The summed E-state index contributed by atoms with van der Waals surface area (Å²) in [6.07, 6.45) is 6.81. The van der Waals surface area contributed by atoms with Crippen LogP contribution in [0.3, 0.4) is 0 Å². The van der Waals surface area contributed by atoms with Gasteiger partial charge in [-0.3, -0.25) is 0 Å². The average Bonchev–Trinajstić information content (AvgIpc) is 2.60. The van der Waals surface area contributed by atoms with E-state index in [1.54, 1.807) is 0 Å². The zero-order chi connectivity index (χ0) is 15.0. The van der Waals surface area contributed by atoms with Gasteiger partial charge in [0.05, 0.1) is 0 Å². The highest BCUT2D eigenvalue weighted by Gasteiger charge is 2.11. The zero-order valence-electron chi connectivity index (χ0n) is 13.0. The summed E-state index contributed by atoms with van der Waals surface area (Å²) in [6, 6.07) is 19.9. The van der Waals surface area contributed by atoms with Gasteiger partial charge in [0.15, 0.2) is 0 Å². The Hall–Kier alpha value is -1.90. The summed E-state index contributed by atoms with van der Waals surface area (Å²) < 4.78 is 0. The molecule has 0 unspecified atom stereocenters. The Kier molecular flexibility index (Phi) is 5.41. The van der Waals surface area contributed by atoms with Crippen LogP contribution in [0.25, 0.3) is 12.2 Å². The van der Waals surface area contributed by atoms with Crippen LogP contribution in [0.2, 0.25) is 0 Å². The Labute approximate surface area is 133 Å². The minimum absolute atomic E-state index is 0.657. The summed E-state index contributed by atoms with van der Waals surface area (Å²) in [5, 5.41) is 7.08. The molecule has 0 spiro atoms. The molecule has 1 fully saturated rings. The molecule has 1 heterocycles. The molecule has 1 aliphatic heterocycles. The minimum Gasteiger partial charge on any atom is -0.317 e. The quantitative estimate of drug-likeness (QED) is 0.821. The van der Waals surface area contributed by atoms with E-state index in [0.29, 0.717) is 6.04 Å². The molecule has 1 aliphatic rings. The summed E-state index contributed by atoms with van der Waals surface area (Å²) in [5.41, 5.74) is 3.85. The van der Waals surface area contributed by atoms with E-state index in [9.17, 15) is 0 Å². The van der Waals surface area contributed by atoms with Crippen LogP contribution >= 0.6 is 0 Å². The van der Waals surface area contributed by atoms with Gasteiger partial charge in [0.1, 0.15) is 0 Å². The number of rotatable bonds is 5. The second kappa shape index (κ2) is 7.92. The van der Waals surface area contributed by atoms with Crippen molar-refractivity contribution in [3.05, 3.63) is 71.3 Å². The fraction of sp³-hybridized carbons (Fsp3) is 0.300. The normalized spacial score (nSPS) is 16.2. The highest BCUT2D eigenvalue weighted by atomic mass is 15.0. The molecule has 22 heavy (non-hydrogen) atoms. The molecule has 0 aliphatic carbocycles. The first-order chi connectivity index (χ1) is 10.9. The van der Waals surface area contributed by atoms with Crippen molar-refractivity contribution in [1.82, 2.24) is 10.6 Å². The number of hydrogen-bond acceptors (Lipinski definition) is 2. The Morgan fingerprint density at radius 3 is 2.45 bits per heavy atom. The van der Waals surface area contributed by atoms with Crippen molar-refractivity contribution in [3.63, 3.8) is 0 Å². The lowest BCUT2D eigenvalue weighted by Crippen LogP contribution is -2.39. The Bertz CT molecular complexity index is 598. The smallest absolute Gasteiger partial charge is 0.0208 e. The van der Waals surface area contributed by atoms with E-state index in [1.165, 1.54) is 29.5 Å². The zero-order valence-corrected chi connectivity index (χ0v) is 13.0. The third-order valence-corrected chi connectivity index (χ3v) is 4.15. The predicted octanol–water partition coefficient (Wildman–Crippen LogP) is 3.70. The molecule has 0 radical (unpaired) electrons. The molecule has 0 saturated carbocycles. The lowest BCUT2D eigenvalue weighted by Gasteiger charge is -2.23. The fourth-order valence-electron chi connectivity index (χ4n) is 2.85. The Morgan fingerprint density at radius 1 is 0.909 bits per heavy atom. The molecule has 2 heteroatoms. The van der Waals surface area contributed by atoms with Gasteiger partial charge >= 0.3 is 0 Å². The van der Waals surface area contributed by atoms with Gasteiger partial charge in [-0.2, -0.15) is 0 Å². The van der Waals surface area contributed by atoms with Crippen molar-refractivity contribution in [2.75, 3.05) is 13.1 Å². The van der Waals surface area contributed by atoms with Gasteiger partial charge in [-0.25, -0.2) is 0 Å². The molecule has 0 amide bonds. The van der Waals surface area contributed by atoms with Crippen LogP contribution < -0.4 is 10.6 Å². The first kappa shape index (κ1) is 15.0. The molecule has 0 aromatic heterocycles. The molecule has 1 saturated heterocycles. The molecule has 2 nitrogen and oxygen atoms in total. The summed E-state index contributed by atoms with van der Waals surface area (Å²) in [7, 11) is 0. The summed E-state index contributed by atoms with van der Waals surface area (Å²) >= 11 is 0. The maximum Gasteiger partial charge on any atom is 0.0208 e. The van der Waals surface area contributed by atoms with Gasteiger partial charge < -0.3 is 10.6 Å². The number of benzene rings is 2. The molecule has 0 atom stereocenters. The van der Waals surface area contributed by atoms with E-state index in [4.69, 9.17) is 0 Å². The van der Waals surface area contributed by atoms with Crippen molar-refractivity contribution < 1.29 is 0 Å². The fourth-order valence-corrected chi connectivity index (χ4v) is 2.85. The Balaban J connectivity index is 1.58. The van der Waals surface area contributed by atoms with Crippen LogP contribution in [-0.4, -0.2) is 19.1 Å². The van der Waals surface area contributed by atoms with Crippen molar-refractivity contribution in [2.24, 2.45) is 0 Å². The number of hydrogen-bond donors (Lipinski definition) is 2. The first-order valence-corrected chi connectivity index (χ1v) is 8.16. The minimum atomic E-state index is 0.657. The maximum atomic E-state index is 3.67. The van der Waals surface area contributed by atoms with Gasteiger partial charge in [0.25, 0.3) is 0 Å². The van der Waals surface area contributed by atoms with E-state index in [2.05, 4.69) is 71.3 Å². The molecule has 114 valence electrons. The standard InChI is InChI=1S/C20H24N2/c1-2-5-17(6-3-1)9-10-18-7-4-8-19(15-18)16-22-20-11-13-21-14-12-20/h1-10,15,20-22H,11-14,16H2/b10-9-.